The Morgan fingerprint density at radius 1 is 0.705 bits per heavy atom. The number of hydrogen-bond acceptors (Lipinski definition) is 16. The zero-order chi connectivity index (χ0) is 54.5. The quantitative estimate of drug-likeness (QED) is 0.0194. The van der Waals surface area contributed by atoms with E-state index >= 15 is 0 Å². The second-order valence-corrected chi connectivity index (χ2v) is 19.5. The van der Waals surface area contributed by atoms with Gasteiger partial charge in [0, 0.05) is 110 Å². The van der Waals surface area contributed by atoms with E-state index in [1.165, 1.54) is 55.4 Å². The third kappa shape index (κ3) is 18.9. The number of rotatable bonds is 20. The van der Waals surface area contributed by atoms with Crippen LogP contribution in [0.25, 0.3) is 22.5 Å². The summed E-state index contributed by atoms with van der Waals surface area (Å²) in [6.45, 7) is 6.85. The van der Waals surface area contributed by atoms with Crippen LogP contribution in [0.1, 0.15) is 63.5 Å². The molecule has 6 aromatic rings. The Bertz CT molecular complexity index is 2800. The average Bonchev–Trinajstić information content (AvgIpc) is 4.18. The molecule has 8 rings (SSSR count). The van der Waals surface area contributed by atoms with Crippen LogP contribution in [-0.4, -0.2) is 106 Å². The van der Waals surface area contributed by atoms with Crippen molar-refractivity contribution in [2.45, 2.75) is 89.8 Å². The highest BCUT2D eigenvalue weighted by Crippen LogP contribution is 2.30. The number of aliphatic hydroxyl groups is 2. The largest absolute Gasteiger partial charge is 0.403 e. The normalized spacial score (nSPS) is 17.6. The van der Waals surface area contributed by atoms with Gasteiger partial charge in [-0.2, -0.15) is 5.10 Å². The maximum Gasteiger partial charge on any atom is 0.319 e. The zero-order valence-corrected chi connectivity index (χ0v) is 44.0. The summed E-state index contributed by atoms with van der Waals surface area (Å²) < 4.78 is 36.4. The van der Waals surface area contributed by atoms with Gasteiger partial charge in [-0.3, -0.25) is 14.8 Å². The first-order chi connectivity index (χ1) is 37.3. The molecule has 2 saturated heterocycles. The molecule has 2 fully saturated rings. The lowest BCUT2D eigenvalue weighted by atomic mass is 9.91. The first-order valence-electron chi connectivity index (χ1n) is 25.8. The number of nitrogens with two attached hydrogens (primary N) is 2. The van der Waals surface area contributed by atoms with E-state index in [1.807, 2.05) is 44.2 Å². The number of hydrogen-bond donors (Lipinski definition) is 10. The number of aromatic nitrogens is 2. The van der Waals surface area contributed by atoms with Crippen LogP contribution in [0.4, 0.5) is 41.1 Å². The molecule has 0 spiro atoms. The molecule has 78 heavy (non-hydrogen) atoms. The summed E-state index contributed by atoms with van der Waals surface area (Å²) in [6.07, 6.45) is 13.9. The highest BCUT2D eigenvalue weighted by atomic mass is 19.1. The predicted molar refractivity (Wildman–Crippen MR) is 300 cm³/mol. The first kappa shape index (κ1) is 59.2. The lowest BCUT2D eigenvalue weighted by molar-refractivity contribution is -0.0308. The fourth-order valence-electron chi connectivity index (χ4n) is 9.67. The van der Waals surface area contributed by atoms with Crippen molar-refractivity contribution in [3.63, 3.8) is 0 Å². The molecule has 14 N–H and O–H groups in total. The van der Waals surface area contributed by atoms with E-state index < -0.39 is 18.5 Å². The van der Waals surface area contributed by atoms with Crippen molar-refractivity contribution in [1.82, 2.24) is 36.9 Å². The van der Waals surface area contributed by atoms with E-state index in [0.717, 1.165) is 87.0 Å². The number of nitrogens with one attached hydrogen (secondary N) is 5. The number of hydrazone groups is 1. The zero-order valence-electron chi connectivity index (χ0n) is 44.0. The number of halogens is 2. The number of likely N-dealkylation sites (tertiary alicyclic amines) is 2. The van der Waals surface area contributed by atoms with E-state index in [0.29, 0.717) is 58.8 Å². The van der Waals surface area contributed by atoms with Crippen LogP contribution in [-0.2, 0) is 12.8 Å². The van der Waals surface area contributed by atoms with E-state index in [2.05, 4.69) is 56.8 Å². The van der Waals surface area contributed by atoms with E-state index in [9.17, 15) is 28.6 Å². The van der Waals surface area contributed by atoms with Crippen molar-refractivity contribution < 1.29 is 37.6 Å². The molecule has 0 radical (unpaired) electrons. The monoisotopic (exact) mass is 1070 g/mol. The lowest BCUT2D eigenvalue weighted by Gasteiger charge is -2.37. The number of nitrogens with zero attached hydrogens (tertiary/aromatic N) is 6. The van der Waals surface area contributed by atoms with Crippen molar-refractivity contribution in [1.29, 1.82) is 0 Å². The van der Waals surface area contributed by atoms with E-state index in [1.54, 1.807) is 48.7 Å². The van der Waals surface area contributed by atoms with Crippen LogP contribution in [0.3, 0.4) is 0 Å². The van der Waals surface area contributed by atoms with Gasteiger partial charge in [0.2, 0.25) is 0 Å². The number of carbonyl (C=O) groups excluding carboxylic acids is 2. The summed E-state index contributed by atoms with van der Waals surface area (Å²) >= 11 is 0. The second kappa shape index (κ2) is 30.1. The number of aliphatic hydroxyl groups excluding tert-OH is 2. The number of piperidine rings is 2. The summed E-state index contributed by atoms with van der Waals surface area (Å²) in [5, 5.41) is 47.7. The molecular weight excluding hydrogens is 1000 g/mol. The van der Waals surface area contributed by atoms with Gasteiger partial charge in [0.1, 0.15) is 48.0 Å². The number of amides is 4. The van der Waals surface area contributed by atoms with Crippen molar-refractivity contribution in [3.8, 4) is 22.5 Å². The van der Waals surface area contributed by atoms with Crippen LogP contribution in [0.5, 0.6) is 0 Å². The molecule has 2 aromatic heterocycles. The van der Waals surface area contributed by atoms with Crippen LogP contribution < -0.4 is 44.3 Å². The Morgan fingerprint density at radius 2 is 1.18 bits per heavy atom. The SMILES string of the molecule is C[C@H](C[C@@H](O)N1CCC[C@@H](Cc2ccc(F)cc2)C1)NC(=O)Nc1cc(-c2ccon2)cc(-c2ccon2)c1.C[C@H](C[C@@H](O)N1CCC[C@@H](Cc2ccc(F)cc2)C1)NC(=O)Nc1cc(N=CC=NN)cc(N/C=C\N)c1.N. The molecule has 0 unspecified atom stereocenters. The minimum Gasteiger partial charge on any atom is -0.403 e. The number of urea groups is 2. The Balaban J connectivity index is 0.000000249. The van der Waals surface area contributed by atoms with Gasteiger partial charge in [0.05, 0.1) is 11.9 Å². The smallest absolute Gasteiger partial charge is 0.319 e. The van der Waals surface area contributed by atoms with E-state index in [-0.39, 0.29) is 35.9 Å². The Labute approximate surface area is 453 Å². The van der Waals surface area contributed by atoms with Crippen molar-refractivity contribution in [2.24, 2.45) is 33.5 Å². The lowest BCUT2D eigenvalue weighted by Crippen LogP contribution is -2.47. The van der Waals surface area contributed by atoms with Gasteiger partial charge in [-0.25, -0.2) is 18.4 Å². The molecule has 4 aromatic carbocycles. The first-order valence-corrected chi connectivity index (χ1v) is 25.8. The third-order valence-electron chi connectivity index (χ3n) is 13.3. The third-order valence-corrected chi connectivity index (χ3v) is 13.3. The molecule has 22 heteroatoms. The number of aliphatic imine (C=N–C) groups is 1. The molecule has 0 saturated carbocycles. The topological polar surface area (TPSA) is 305 Å². The van der Waals surface area contributed by atoms with Gasteiger partial charge < -0.3 is 63.6 Å². The standard InChI is InChI=1S/C29H32FN5O4.C27H37FN8O2.H3N/c1-19(13-28(36)35-10-2-3-21(18-35)14-20-4-6-24(30)7-5-20)31-29(37)32-25-16-22(26-8-11-38-33-26)15-23(17-25)27-9-12-39-34-27;1-19(13-26(37)36-12-2-3-21(18-36)14-20-4-6-22(28)7-5-20)34-27(38)35-25-16-23(31-9-8-29)15-24(17-25)32-10-11-33-30;/h4-9,11-12,15-17,19,21,28,36H,2-3,10,13-14,18H2,1H3,(H2,31,32,37);4-11,15-17,19,21,26,31,37H,2-3,12-14,18,29-30H2,1H3,(H2,34,35,38);1H3/b;9-8-,32-10?,33-11?;/t19-,21+,28-;19-,21+,26-;/m11./s1. The van der Waals surface area contributed by atoms with Gasteiger partial charge in [-0.05, 0) is 136 Å². The summed E-state index contributed by atoms with van der Waals surface area (Å²) in [5.74, 6) is 5.41. The number of anilines is 3. The second-order valence-electron chi connectivity index (χ2n) is 19.5. The molecule has 2 aliphatic heterocycles. The molecule has 20 nitrogen and oxygen atoms in total. The van der Waals surface area contributed by atoms with Crippen molar-refractivity contribution in [3.05, 3.63) is 145 Å². The van der Waals surface area contributed by atoms with Gasteiger partial charge in [-0.1, -0.05) is 34.6 Å². The number of carbonyl (C=O) groups is 2. The molecule has 0 aliphatic carbocycles. The van der Waals surface area contributed by atoms with Crippen molar-refractivity contribution in [2.75, 3.05) is 42.1 Å². The molecule has 2 aliphatic rings. The fourth-order valence-corrected chi connectivity index (χ4v) is 9.67. The summed E-state index contributed by atoms with van der Waals surface area (Å²) in [7, 11) is 0. The summed E-state index contributed by atoms with van der Waals surface area (Å²) in [4.78, 5) is 33.9. The minimum atomic E-state index is -0.679. The molecule has 4 amide bonds. The molecular formula is C56H72F2N14O6. The maximum absolute atomic E-state index is 13.2. The molecule has 416 valence electrons. The number of benzene rings is 4. The Hall–Kier alpha value is -8.02. The Morgan fingerprint density at radius 3 is 1.63 bits per heavy atom. The van der Waals surface area contributed by atoms with Gasteiger partial charge in [-0.15, -0.1) is 0 Å². The minimum absolute atomic E-state index is 0. The Kier molecular flexibility index (Phi) is 22.8. The molecule has 4 heterocycles. The maximum atomic E-state index is 13.2. The predicted octanol–water partition coefficient (Wildman–Crippen LogP) is 8.96. The molecule has 6 atom stereocenters. The highest BCUT2D eigenvalue weighted by molar-refractivity contribution is 6.16. The van der Waals surface area contributed by atoms with E-state index in [4.69, 9.17) is 20.6 Å². The summed E-state index contributed by atoms with van der Waals surface area (Å²) in [5.41, 5.74) is 12.7. The van der Waals surface area contributed by atoms with Crippen LogP contribution >= 0.6 is 0 Å². The summed E-state index contributed by atoms with van der Waals surface area (Å²) in [6, 6.07) is 26.1. The van der Waals surface area contributed by atoms with Gasteiger partial charge >= 0.3 is 12.1 Å². The van der Waals surface area contributed by atoms with Crippen LogP contribution in [0.2, 0.25) is 0 Å². The van der Waals surface area contributed by atoms with Gasteiger partial charge in [0.15, 0.2) is 0 Å². The highest BCUT2D eigenvalue weighted by Gasteiger charge is 2.28. The van der Waals surface area contributed by atoms with Crippen LogP contribution in [0.15, 0.2) is 141 Å². The van der Waals surface area contributed by atoms with Crippen molar-refractivity contribution >= 4 is 47.2 Å². The van der Waals surface area contributed by atoms with Crippen LogP contribution in [0, 0.1) is 23.5 Å². The fraction of sp³-hybridized carbons (Fsp3) is 0.357. The molecule has 0 bridgehead atoms. The van der Waals surface area contributed by atoms with Gasteiger partial charge in [0.25, 0.3) is 0 Å². The average molecular weight is 1080 g/mol.